The van der Waals surface area contributed by atoms with Crippen molar-refractivity contribution in [3.05, 3.63) is 58.9 Å². The average molecular weight is 516 g/mol. The Balaban J connectivity index is 1.49. The van der Waals surface area contributed by atoms with Crippen LogP contribution in [0.1, 0.15) is 106 Å². The van der Waals surface area contributed by atoms with E-state index in [2.05, 4.69) is 49.8 Å². The molecule has 0 amide bonds. The van der Waals surface area contributed by atoms with Gasteiger partial charge in [-0.3, -0.25) is 4.98 Å². The van der Waals surface area contributed by atoms with Gasteiger partial charge in [-0.15, -0.1) is 0 Å². The first-order valence-corrected chi connectivity index (χ1v) is 15.5. The number of hydrogen-bond donors (Lipinski definition) is 1. The third-order valence-corrected chi connectivity index (χ3v) is 10.2. The van der Waals surface area contributed by atoms with Crippen molar-refractivity contribution < 1.29 is 4.21 Å². The Morgan fingerprint density at radius 3 is 2.43 bits per heavy atom. The molecule has 1 aromatic carbocycles. The quantitative estimate of drug-likeness (QED) is 0.312. The highest BCUT2D eigenvalue weighted by atomic mass is 32.2. The molecule has 37 heavy (non-hydrogen) atoms. The van der Waals surface area contributed by atoms with Crippen molar-refractivity contribution in [1.29, 1.82) is 5.26 Å². The lowest BCUT2D eigenvalue weighted by molar-refractivity contribution is 0.335. The predicted molar refractivity (Wildman–Crippen MR) is 152 cm³/mol. The Labute approximate surface area is 225 Å². The van der Waals surface area contributed by atoms with Gasteiger partial charge in [0.2, 0.25) is 0 Å². The molecule has 1 N–H and O–H groups in total. The first-order valence-electron chi connectivity index (χ1n) is 14.4. The van der Waals surface area contributed by atoms with Gasteiger partial charge in [-0.1, -0.05) is 57.2 Å². The van der Waals surface area contributed by atoms with Crippen molar-refractivity contribution in [3.8, 4) is 6.07 Å². The highest BCUT2D eigenvalue weighted by Gasteiger charge is 2.30. The van der Waals surface area contributed by atoms with Crippen LogP contribution in [0.2, 0.25) is 0 Å². The average Bonchev–Trinajstić information content (AvgIpc) is 3.85. The highest BCUT2D eigenvalue weighted by molar-refractivity contribution is 7.83. The molecule has 4 nitrogen and oxygen atoms in total. The Kier molecular flexibility index (Phi) is 8.27. The van der Waals surface area contributed by atoms with E-state index in [0.29, 0.717) is 22.6 Å². The molecule has 5 rings (SSSR count). The maximum absolute atomic E-state index is 12.9. The standard InChI is InChI=1S/C32H41N3OS/c1-4-23(25-7-5-6-8-25)18-30(31(19-33)29-15-13-27(17-21(29)2)26-11-12-26)32-16-14-28(20-34-32)37(36)35-22(3)24-9-10-24/h13-17,20,22-26,35H,4-12,18H2,1-3H3. The van der Waals surface area contributed by atoms with E-state index in [1.165, 1.54) is 62.5 Å². The monoisotopic (exact) mass is 515 g/mol. The number of hydrogen-bond acceptors (Lipinski definition) is 3. The van der Waals surface area contributed by atoms with E-state index >= 15 is 0 Å². The van der Waals surface area contributed by atoms with Crippen LogP contribution in [0.15, 0.2) is 41.4 Å². The zero-order valence-corrected chi connectivity index (χ0v) is 23.4. The number of allylic oxidation sites excluding steroid dienone is 2. The lowest BCUT2D eigenvalue weighted by Crippen LogP contribution is -2.29. The van der Waals surface area contributed by atoms with Gasteiger partial charge in [-0.2, -0.15) is 5.26 Å². The largest absolute Gasteiger partial charge is 0.255 e. The van der Waals surface area contributed by atoms with Crippen LogP contribution in [0.3, 0.4) is 0 Å². The number of nitrogens with zero attached hydrogens (tertiary/aromatic N) is 2. The molecular weight excluding hydrogens is 474 g/mol. The number of nitriles is 1. The van der Waals surface area contributed by atoms with E-state index in [-0.39, 0.29) is 6.04 Å². The molecular formula is C32H41N3OS. The third-order valence-electron chi connectivity index (χ3n) is 8.92. The minimum Gasteiger partial charge on any atom is -0.255 e. The van der Waals surface area contributed by atoms with E-state index in [4.69, 9.17) is 4.98 Å². The van der Waals surface area contributed by atoms with Crippen LogP contribution in [0.25, 0.3) is 11.1 Å². The molecule has 0 radical (unpaired) electrons. The number of aryl methyl sites for hydroxylation is 1. The fourth-order valence-electron chi connectivity index (χ4n) is 6.20. The summed E-state index contributed by atoms with van der Waals surface area (Å²) in [6.45, 7) is 6.54. The Hall–Kier alpha value is -2.29. The summed E-state index contributed by atoms with van der Waals surface area (Å²) in [6, 6.07) is 13.4. The second-order valence-electron chi connectivity index (χ2n) is 11.6. The molecule has 5 heteroatoms. The van der Waals surface area contributed by atoms with Crippen molar-refractivity contribution in [2.45, 2.75) is 102 Å². The maximum Gasteiger partial charge on any atom is 0.126 e. The van der Waals surface area contributed by atoms with Gasteiger partial charge in [0.15, 0.2) is 0 Å². The van der Waals surface area contributed by atoms with Crippen molar-refractivity contribution >= 4 is 22.1 Å². The summed E-state index contributed by atoms with van der Waals surface area (Å²) >= 11 is 0. The van der Waals surface area contributed by atoms with E-state index in [1.807, 2.05) is 12.1 Å². The van der Waals surface area contributed by atoms with Gasteiger partial charge in [0, 0.05) is 12.2 Å². The predicted octanol–water partition coefficient (Wildman–Crippen LogP) is 7.72. The summed E-state index contributed by atoms with van der Waals surface area (Å²) in [5.74, 6) is 2.60. The molecule has 1 heterocycles. The van der Waals surface area contributed by atoms with Crippen LogP contribution < -0.4 is 4.72 Å². The topological polar surface area (TPSA) is 65.8 Å². The first kappa shape index (κ1) is 26.3. The summed E-state index contributed by atoms with van der Waals surface area (Å²) in [6.07, 6.45) is 13.9. The van der Waals surface area contributed by atoms with Crippen LogP contribution in [0.4, 0.5) is 0 Å². The SMILES string of the molecule is CCC(CC(=C(C#N)c1ccc(C2CC2)cc1C)c1ccc(S(=O)NC(C)C2CC2)cn1)C1CCCC1. The smallest absolute Gasteiger partial charge is 0.126 e. The minimum absolute atomic E-state index is 0.250. The second kappa shape index (κ2) is 11.6. The third kappa shape index (κ3) is 6.24. The van der Waals surface area contributed by atoms with Crippen molar-refractivity contribution in [2.24, 2.45) is 17.8 Å². The second-order valence-corrected chi connectivity index (χ2v) is 12.9. The number of pyridine rings is 1. The molecule has 196 valence electrons. The number of aromatic nitrogens is 1. The Bertz CT molecular complexity index is 1200. The van der Waals surface area contributed by atoms with E-state index in [0.717, 1.165) is 41.2 Å². The van der Waals surface area contributed by atoms with Gasteiger partial charge in [0.05, 0.1) is 16.2 Å². The van der Waals surface area contributed by atoms with Crippen molar-refractivity contribution in [2.75, 3.05) is 0 Å². The summed E-state index contributed by atoms with van der Waals surface area (Å²) in [5.41, 5.74) is 6.23. The summed E-state index contributed by atoms with van der Waals surface area (Å²) < 4.78 is 16.2. The van der Waals surface area contributed by atoms with Crippen LogP contribution in [-0.4, -0.2) is 15.2 Å². The molecule has 0 saturated heterocycles. The lowest BCUT2D eigenvalue weighted by atomic mass is 9.80. The van der Waals surface area contributed by atoms with Gasteiger partial charge in [-0.05, 0) is 104 Å². The molecule has 1 aromatic heterocycles. The Morgan fingerprint density at radius 1 is 1.11 bits per heavy atom. The number of nitrogens with one attached hydrogen (secondary N) is 1. The molecule has 0 aliphatic heterocycles. The van der Waals surface area contributed by atoms with Crippen LogP contribution in [0, 0.1) is 36.0 Å². The fourth-order valence-corrected chi connectivity index (χ4v) is 7.20. The zero-order chi connectivity index (χ0) is 25.9. The minimum atomic E-state index is -1.28. The summed E-state index contributed by atoms with van der Waals surface area (Å²) in [5, 5.41) is 10.5. The van der Waals surface area contributed by atoms with Gasteiger partial charge in [0.25, 0.3) is 0 Å². The van der Waals surface area contributed by atoms with Crippen LogP contribution >= 0.6 is 0 Å². The van der Waals surface area contributed by atoms with Gasteiger partial charge in [-0.25, -0.2) is 8.93 Å². The van der Waals surface area contributed by atoms with Gasteiger partial charge in [0.1, 0.15) is 17.1 Å². The van der Waals surface area contributed by atoms with Gasteiger partial charge < -0.3 is 0 Å². The fraction of sp³-hybridized carbons (Fsp3) is 0.562. The number of rotatable bonds is 11. The zero-order valence-electron chi connectivity index (χ0n) is 22.6. The molecule has 3 aliphatic rings. The van der Waals surface area contributed by atoms with E-state index in [1.54, 1.807) is 6.20 Å². The molecule has 3 saturated carbocycles. The summed E-state index contributed by atoms with van der Waals surface area (Å²) in [7, 11) is -1.28. The van der Waals surface area contributed by atoms with Crippen LogP contribution in [-0.2, 0) is 11.0 Å². The molecule has 3 aliphatic carbocycles. The Morgan fingerprint density at radius 2 is 1.86 bits per heavy atom. The van der Waals surface area contributed by atoms with Crippen molar-refractivity contribution in [3.63, 3.8) is 0 Å². The van der Waals surface area contributed by atoms with E-state index < -0.39 is 11.0 Å². The first-order chi connectivity index (χ1) is 18.0. The molecule has 0 bridgehead atoms. The molecule has 3 atom stereocenters. The highest BCUT2D eigenvalue weighted by Crippen LogP contribution is 2.43. The summed E-state index contributed by atoms with van der Waals surface area (Å²) in [4.78, 5) is 5.52. The molecule has 0 spiro atoms. The van der Waals surface area contributed by atoms with E-state index in [9.17, 15) is 9.47 Å². The van der Waals surface area contributed by atoms with Crippen LogP contribution in [0.5, 0.6) is 0 Å². The normalized spacial score (nSPS) is 21.2. The maximum atomic E-state index is 12.9. The number of benzene rings is 1. The van der Waals surface area contributed by atoms with Gasteiger partial charge >= 0.3 is 0 Å². The lowest BCUT2D eigenvalue weighted by Gasteiger charge is -2.24. The van der Waals surface area contributed by atoms with Crippen molar-refractivity contribution in [1.82, 2.24) is 9.71 Å². The molecule has 2 aromatic rings. The molecule has 3 unspecified atom stereocenters. The molecule has 3 fully saturated rings.